The molecule has 0 saturated heterocycles. The van der Waals surface area contributed by atoms with E-state index >= 15 is 0 Å². The van der Waals surface area contributed by atoms with E-state index in [0.29, 0.717) is 10.8 Å². The summed E-state index contributed by atoms with van der Waals surface area (Å²) in [6, 6.07) is 3.76. The zero-order valence-corrected chi connectivity index (χ0v) is 17.5. The molecule has 1 aromatic carbocycles. The number of fused-ring (bicyclic) bond motifs is 1. The number of nitrogens with one attached hydrogen (secondary N) is 2. The van der Waals surface area contributed by atoms with Crippen molar-refractivity contribution in [2.24, 2.45) is 7.05 Å². The van der Waals surface area contributed by atoms with Crippen molar-refractivity contribution in [2.75, 3.05) is 12.4 Å². The second kappa shape index (κ2) is 7.62. The molecule has 0 aliphatic heterocycles. The van der Waals surface area contributed by atoms with Gasteiger partial charge in [0, 0.05) is 17.5 Å². The summed E-state index contributed by atoms with van der Waals surface area (Å²) >= 11 is 6.39. The third-order valence-corrected chi connectivity index (χ3v) is 4.99. The number of rotatable bonds is 5. The van der Waals surface area contributed by atoms with Gasteiger partial charge in [-0.25, -0.2) is 18.6 Å². The van der Waals surface area contributed by atoms with Gasteiger partial charge in [0.2, 0.25) is 0 Å². The largest absolute Gasteiger partial charge is 0.464 e. The third kappa shape index (κ3) is 3.91. The van der Waals surface area contributed by atoms with Crippen LogP contribution in [0.2, 0.25) is 5.02 Å². The highest BCUT2D eigenvalue weighted by molar-refractivity contribution is 6.32. The molecular formula is C19H22ClF2N5O2. The smallest absolute Gasteiger partial charge is 0.356 e. The van der Waals surface area contributed by atoms with E-state index in [0.717, 1.165) is 23.6 Å². The predicted octanol–water partition coefficient (Wildman–Crippen LogP) is 4.58. The van der Waals surface area contributed by atoms with Crippen molar-refractivity contribution in [1.29, 1.82) is 0 Å². The normalized spacial score (nSPS) is 12.0. The van der Waals surface area contributed by atoms with Crippen LogP contribution in [0, 0.1) is 0 Å². The lowest BCUT2D eigenvalue weighted by Crippen LogP contribution is -2.13. The maximum Gasteiger partial charge on any atom is 0.356 e. The van der Waals surface area contributed by atoms with E-state index in [1.54, 1.807) is 6.07 Å². The molecule has 0 aliphatic rings. The lowest BCUT2D eigenvalue weighted by atomic mass is 9.86. The van der Waals surface area contributed by atoms with Gasteiger partial charge in [0.15, 0.2) is 11.5 Å². The van der Waals surface area contributed by atoms with Gasteiger partial charge < -0.3 is 14.6 Å². The van der Waals surface area contributed by atoms with Crippen molar-refractivity contribution in [1.82, 2.24) is 19.7 Å². The molecule has 0 aliphatic carbocycles. The van der Waals surface area contributed by atoms with Crippen molar-refractivity contribution in [2.45, 2.75) is 39.2 Å². The minimum atomic E-state index is -2.90. The van der Waals surface area contributed by atoms with Gasteiger partial charge in [-0.3, -0.25) is 5.10 Å². The van der Waals surface area contributed by atoms with Gasteiger partial charge in [0.1, 0.15) is 11.5 Å². The number of anilines is 1. The number of carbonyl (C=O) groups excluding carboxylic acids is 1. The highest BCUT2D eigenvalue weighted by Crippen LogP contribution is 2.34. The number of H-pyrrole nitrogens is 1. The van der Waals surface area contributed by atoms with E-state index in [9.17, 15) is 13.6 Å². The molecule has 7 nitrogen and oxygen atoms in total. The average molecular weight is 426 g/mol. The van der Waals surface area contributed by atoms with Crippen molar-refractivity contribution >= 4 is 34.3 Å². The number of benzene rings is 1. The van der Waals surface area contributed by atoms with Crippen LogP contribution in [0.25, 0.3) is 10.9 Å². The topological polar surface area (TPSA) is 84.8 Å². The maximum absolute atomic E-state index is 13.3. The first-order valence-electron chi connectivity index (χ1n) is 8.88. The van der Waals surface area contributed by atoms with E-state index in [2.05, 4.69) is 46.0 Å². The predicted molar refractivity (Wildman–Crippen MR) is 107 cm³/mol. The number of aromatic amines is 1. The fourth-order valence-electron chi connectivity index (χ4n) is 3.13. The van der Waals surface area contributed by atoms with Crippen LogP contribution in [-0.4, -0.2) is 32.8 Å². The lowest BCUT2D eigenvalue weighted by Gasteiger charge is -2.20. The minimum Gasteiger partial charge on any atom is -0.464 e. The van der Waals surface area contributed by atoms with E-state index in [4.69, 9.17) is 11.6 Å². The summed E-state index contributed by atoms with van der Waals surface area (Å²) in [6.45, 7) is 6.25. The minimum absolute atomic E-state index is 0.0840. The van der Waals surface area contributed by atoms with Crippen LogP contribution in [0.5, 0.6) is 0 Å². The number of ether oxygens (including phenoxy) is 1. The molecule has 3 aromatic rings. The number of nitrogens with zero attached hydrogens (tertiary/aromatic N) is 3. The number of alkyl halides is 2. The molecule has 2 heterocycles. The standard InChI is InChI=1S/C19H22ClF2N5O2/c1-19(2,3)10-6-9-12(7-11(10)20)25-26-17(9)23-8-13-24-14(16(21)22)15(27(13)4)18(28)29-5/h6-7,16H,8H2,1-5H3,(H2,23,25,26). The first-order chi connectivity index (χ1) is 13.5. The highest BCUT2D eigenvalue weighted by atomic mass is 35.5. The number of hydrogen-bond donors (Lipinski definition) is 2. The molecule has 29 heavy (non-hydrogen) atoms. The number of carbonyl (C=O) groups is 1. The Morgan fingerprint density at radius 1 is 1.38 bits per heavy atom. The Kier molecular flexibility index (Phi) is 5.53. The van der Waals surface area contributed by atoms with Gasteiger partial charge in [0.25, 0.3) is 6.43 Å². The van der Waals surface area contributed by atoms with Gasteiger partial charge in [-0.05, 0) is 23.1 Å². The lowest BCUT2D eigenvalue weighted by molar-refractivity contribution is 0.0576. The molecule has 0 unspecified atom stereocenters. The highest BCUT2D eigenvalue weighted by Gasteiger charge is 2.27. The van der Waals surface area contributed by atoms with E-state index in [1.807, 2.05) is 6.07 Å². The van der Waals surface area contributed by atoms with Crippen LogP contribution in [0.4, 0.5) is 14.6 Å². The van der Waals surface area contributed by atoms with Gasteiger partial charge in [0.05, 0.1) is 19.2 Å². The van der Waals surface area contributed by atoms with Crippen LogP contribution >= 0.6 is 11.6 Å². The molecule has 0 fully saturated rings. The van der Waals surface area contributed by atoms with Crippen LogP contribution in [0.15, 0.2) is 12.1 Å². The number of imidazole rings is 1. The molecule has 0 bridgehead atoms. The monoisotopic (exact) mass is 425 g/mol. The summed E-state index contributed by atoms with van der Waals surface area (Å²) in [6.07, 6.45) is -2.90. The molecule has 156 valence electrons. The van der Waals surface area contributed by atoms with Crippen molar-refractivity contribution in [3.05, 3.63) is 39.9 Å². The molecule has 0 spiro atoms. The van der Waals surface area contributed by atoms with Crippen molar-refractivity contribution in [3.8, 4) is 0 Å². The van der Waals surface area contributed by atoms with Gasteiger partial charge in [-0.15, -0.1) is 0 Å². The molecule has 0 amide bonds. The van der Waals surface area contributed by atoms with Gasteiger partial charge in [-0.2, -0.15) is 5.10 Å². The van der Waals surface area contributed by atoms with Crippen LogP contribution in [-0.2, 0) is 23.7 Å². The van der Waals surface area contributed by atoms with E-state index < -0.39 is 18.1 Å². The molecule has 10 heteroatoms. The SMILES string of the molecule is COC(=O)c1c(C(F)F)nc(CNc2n[nH]c3cc(Cl)c(C(C)(C)C)cc23)n1C. The molecule has 0 radical (unpaired) electrons. The Morgan fingerprint density at radius 2 is 2.07 bits per heavy atom. The molecule has 3 rings (SSSR count). The number of esters is 1. The summed E-state index contributed by atoms with van der Waals surface area (Å²) in [4.78, 5) is 15.8. The summed E-state index contributed by atoms with van der Waals surface area (Å²) in [7, 11) is 2.62. The third-order valence-electron chi connectivity index (χ3n) is 4.67. The van der Waals surface area contributed by atoms with Crippen LogP contribution in [0.1, 0.15) is 54.8 Å². The molecule has 0 saturated carbocycles. The molecule has 2 N–H and O–H groups in total. The van der Waals surface area contributed by atoms with Crippen molar-refractivity contribution < 1.29 is 18.3 Å². The number of methoxy groups -OCH3 is 1. The first kappa shape index (κ1) is 21.0. The second-order valence-electron chi connectivity index (χ2n) is 7.67. The zero-order valence-electron chi connectivity index (χ0n) is 16.7. The molecule has 2 aromatic heterocycles. The summed E-state index contributed by atoms with van der Waals surface area (Å²) < 4.78 is 32.5. The second-order valence-corrected chi connectivity index (χ2v) is 8.07. The Bertz CT molecular complexity index is 1070. The summed E-state index contributed by atoms with van der Waals surface area (Å²) in [5.41, 5.74) is 0.661. The number of halogens is 3. The van der Waals surface area contributed by atoms with Gasteiger partial charge >= 0.3 is 5.97 Å². The Labute approximate surface area is 171 Å². The summed E-state index contributed by atoms with van der Waals surface area (Å²) in [5.74, 6) is -0.0820. The summed E-state index contributed by atoms with van der Waals surface area (Å²) in [5, 5.41) is 11.7. The maximum atomic E-state index is 13.3. The fraction of sp³-hybridized carbons (Fsp3) is 0.421. The zero-order chi connectivity index (χ0) is 21.5. The Balaban J connectivity index is 1.94. The fourth-order valence-corrected chi connectivity index (χ4v) is 3.57. The number of hydrogen-bond acceptors (Lipinski definition) is 5. The quantitative estimate of drug-likeness (QED) is 0.584. The van der Waals surface area contributed by atoms with E-state index in [-0.39, 0.29) is 23.5 Å². The Hall–Kier alpha value is -2.68. The number of aromatic nitrogens is 4. The van der Waals surface area contributed by atoms with Crippen molar-refractivity contribution in [3.63, 3.8) is 0 Å². The molecular weight excluding hydrogens is 404 g/mol. The average Bonchev–Trinajstić information content (AvgIpc) is 3.18. The first-order valence-corrected chi connectivity index (χ1v) is 9.26. The Morgan fingerprint density at radius 3 is 2.66 bits per heavy atom. The van der Waals surface area contributed by atoms with Crippen LogP contribution in [0.3, 0.4) is 0 Å². The van der Waals surface area contributed by atoms with Crippen LogP contribution < -0.4 is 5.32 Å². The van der Waals surface area contributed by atoms with E-state index in [1.165, 1.54) is 11.6 Å². The molecule has 0 atom stereocenters. The van der Waals surface area contributed by atoms with Gasteiger partial charge in [-0.1, -0.05) is 32.4 Å².